The van der Waals surface area contributed by atoms with Crippen molar-refractivity contribution in [3.05, 3.63) is 18.2 Å². The lowest BCUT2D eigenvalue weighted by molar-refractivity contribution is -0.123. The number of aromatic nitrogens is 2. The van der Waals surface area contributed by atoms with E-state index in [4.69, 9.17) is 0 Å². The standard InChI is InChI=1S/C14H22N4O/c19-13(11-10-14(11)3-6-15-7-4-14)18-5-1-2-12-16-8-9-17-12/h8-9,11,15H,1-7,10H2,(H,16,17)(H,18,19). The number of hydrogen-bond acceptors (Lipinski definition) is 3. The van der Waals surface area contributed by atoms with Gasteiger partial charge in [-0.15, -0.1) is 0 Å². The number of rotatable bonds is 5. The van der Waals surface area contributed by atoms with Crippen molar-refractivity contribution >= 4 is 5.91 Å². The molecule has 1 spiro atoms. The summed E-state index contributed by atoms with van der Waals surface area (Å²) in [6.45, 7) is 2.90. The molecule has 5 heteroatoms. The molecule has 1 saturated carbocycles. The van der Waals surface area contributed by atoms with Crippen molar-refractivity contribution in [3.8, 4) is 0 Å². The zero-order valence-electron chi connectivity index (χ0n) is 11.2. The monoisotopic (exact) mass is 262 g/mol. The van der Waals surface area contributed by atoms with Crippen molar-refractivity contribution in [3.63, 3.8) is 0 Å². The average molecular weight is 262 g/mol. The van der Waals surface area contributed by atoms with Gasteiger partial charge in [-0.25, -0.2) is 4.98 Å². The van der Waals surface area contributed by atoms with Gasteiger partial charge < -0.3 is 15.6 Å². The summed E-state index contributed by atoms with van der Waals surface area (Å²) in [7, 11) is 0. The van der Waals surface area contributed by atoms with Crippen LogP contribution in [0.2, 0.25) is 0 Å². The van der Waals surface area contributed by atoms with Crippen molar-refractivity contribution < 1.29 is 4.79 Å². The fourth-order valence-corrected chi connectivity index (χ4v) is 3.22. The molecule has 1 aliphatic carbocycles. The Morgan fingerprint density at radius 2 is 2.32 bits per heavy atom. The van der Waals surface area contributed by atoms with E-state index in [1.807, 2.05) is 6.20 Å². The maximum atomic E-state index is 12.1. The second-order valence-corrected chi connectivity index (χ2v) is 5.80. The summed E-state index contributed by atoms with van der Waals surface area (Å²) in [6.07, 6.45) is 8.86. The largest absolute Gasteiger partial charge is 0.356 e. The molecular formula is C14H22N4O. The summed E-state index contributed by atoms with van der Waals surface area (Å²) in [4.78, 5) is 19.3. The second kappa shape index (κ2) is 5.33. The first-order valence-corrected chi connectivity index (χ1v) is 7.27. The number of imidazole rings is 1. The number of nitrogens with one attached hydrogen (secondary N) is 3. The van der Waals surface area contributed by atoms with Gasteiger partial charge in [0.15, 0.2) is 0 Å². The zero-order chi connectivity index (χ0) is 13.1. The van der Waals surface area contributed by atoms with Crippen molar-refractivity contribution in [2.24, 2.45) is 11.3 Å². The lowest BCUT2D eigenvalue weighted by Gasteiger charge is -2.23. The summed E-state index contributed by atoms with van der Waals surface area (Å²) in [5, 5.41) is 6.44. The minimum absolute atomic E-state index is 0.265. The van der Waals surface area contributed by atoms with Gasteiger partial charge in [0.05, 0.1) is 0 Å². The fourth-order valence-electron chi connectivity index (χ4n) is 3.22. The number of piperidine rings is 1. The molecule has 3 N–H and O–H groups in total. The van der Waals surface area contributed by atoms with Crippen molar-refractivity contribution in [1.29, 1.82) is 0 Å². The Morgan fingerprint density at radius 1 is 1.47 bits per heavy atom. The summed E-state index contributed by atoms with van der Waals surface area (Å²) in [6, 6.07) is 0. The van der Waals surface area contributed by atoms with E-state index in [1.54, 1.807) is 6.20 Å². The molecule has 1 aromatic rings. The van der Waals surface area contributed by atoms with Crippen LogP contribution < -0.4 is 10.6 Å². The molecule has 3 rings (SSSR count). The Hall–Kier alpha value is -1.36. The van der Waals surface area contributed by atoms with Crippen LogP contribution in [-0.4, -0.2) is 35.5 Å². The molecule has 5 nitrogen and oxygen atoms in total. The Labute approximate surface area is 113 Å². The highest BCUT2D eigenvalue weighted by atomic mass is 16.2. The number of carbonyl (C=O) groups excluding carboxylic acids is 1. The molecule has 104 valence electrons. The van der Waals surface area contributed by atoms with Gasteiger partial charge in [0.2, 0.25) is 5.91 Å². The van der Waals surface area contributed by atoms with Gasteiger partial charge in [0.25, 0.3) is 0 Å². The maximum Gasteiger partial charge on any atom is 0.223 e. The van der Waals surface area contributed by atoms with Crippen molar-refractivity contribution in [2.45, 2.75) is 32.1 Å². The zero-order valence-corrected chi connectivity index (χ0v) is 11.2. The van der Waals surface area contributed by atoms with Crippen LogP contribution in [0.25, 0.3) is 0 Å². The van der Waals surface area contributed by atoms with E-state index in [0.29, 0.717) is 5.41 Å². The molecule has 1 amide bonds. The Morgan fingerprint density at radius 3 is 3.05 bits per heavy atom. The molecule has 0 aromatic carbocycles. The molecular weight excluding hydrogens is 240 g/mol. The highest BCUT2D eigenvalue weighted by Gasteiger charge is 2.57. The van der Waals surface area contributed by atoms with E-state index >= 15 is 0 Å². The Balaban J connectivity index is 1.36. The Kier molecular flexibility index (Phi) is 3.55. The molecule has 1 saturated heterocycles. The first-order valence-electron chi connectivity index (χ1n) is 7.27. The minimum Gasteiger partial charge on any atom is -0.356 e. The third-order valence-corrected chi connectivity index (χ3v) is 4.55. The topological polar surface area (TPSA) is 69.8 Å². The van der Waals surface area contributed by atoms with Gasteiger partial charge in [-0.2, -0.15) is 0 Å². The van der Waals surface area contributed by atoms with Crippen molar-refractivity contribution in [2.75, 3.05) is 19.6 Å². The van der Waals surface area contributed by atoms with E-state index in [0.717, 1.165) is 57.6 Å². The number of aryl methyl sites for hydroxylation is 1. The van der Waals surface area contributed by atoms with Gasteiger partial charge >= 0.3 is 0 Å². The molecule has 1 aliphatic heterocycles. The molecule has 2 fully saturated rings. The van der Waals surface area contributed by atoms with Crippen LogP contribution in [-0.2, 0) is 11.2 Å². The second-order valence-electron chi connectivity index (χ2n) is 5.80. The highest BCUT2D eigenvalue weighted by Crippen LogP contribution is 2.58. The molecule has 0 radical (unpaired) electrons. The molecule has 0 bridgehead atoms. The van der Waals surface area contributed by atoms with E-state index in [2.05, 4.69) is 20.6 Å². The lowest BCUT2D eigenvalue weighted by Crippen LogP contribution is -2.34. The van der Waals surface area contributed by atoms with Crippen LogP contribution in [0.4, 0.5) is 0 Å². The number of nitrogens with zero attached hydrogens (tertiary/aromatic N) is 1. The predicted molar refractivity (Wildman–Crippen MR) is 72.6 cm³/mol. The summed E-state index contributed by atoms with van der Waals surface area (Å²) < 4.78 is 0. The van der Waals surface area contributed by atoms with Crippen LogP contribution in [0.1, 0.15) is 31.5 Å². The Bertz CT molecular complexity index is 423. The predicted octanol–water partition coefficient (Wildman–Crippen LogP) is 0.848. The van der Waals surface area contributed by atoms with E-state index < -0.39 is 0 Å². The minimum atomic E-state index is 0.265. The highest BCUT2D eigenvalue weighted by molar-refractivity contribution is 5.82. The number of hydrogen-bond donors (Lipinski definition) is 3. The SMILES string of the molecule is O=C(NCCCc1ncc[nH]1)C1CC12CCNCC2. The normalized spacial score (nSPS) is 24.3. The van der Waals surface area contributed by atoms with E-state index in [9.17, 15) is 4.79 Å². The molecule has 2 aliphatic rings. The van der Waals surface area contributed by atoms with Gasteiger partial charge in [-0.05, 0) is 44.2 Å². The third-order valence-electron chi connectivity index (χ3n) is 4.55. The van der Waals surface area contributed by atoms with Crippen LogP contribution in [0.15, 0.2) is 12.4 Å². The molecule has 1 unspecified atom stereocenters. The van der Waals surface area contributed by atoms with Gasteiger partial charge in [0, 0.05) is 31.3 Å². The number of aromatic amines is 1. The number of carbonyl (C=O) groups is 1. The quantitative estimate of drug-likeness (QED) is 0.689. The van der Waals surface area contributed by atoms with Gasteiger partial charge in [0.1, 0.15) is 5.82 Å². The van der Waals surface area contributed by atoms with E-state index in [1.165, 1.54) is 0 Å². The van der Waals surface area contributed by atoms with Gasteiger partial charge in [-0.1, -0.05) is 0 Å². The molecule has 2 heterocycles. The average Bonchev–Trinajstić information content (AvgIpc) is 2.89. The van der Waals surface area contributed by atoms with Gasteiger partial charge in [-0.3, -0.25) is 4.79 Å². The first kappa shape index (κ1) is 12.7. The van der Waals surface area contributed by atoms with Crippen LogP contribution in [0, 0.1) is 11.3 Å². The van der Waals surface area contributed by atoms with E-state index in [-0.39, 0.29) is 11.8 Å². The molecule has 1 aromatic heterocycles. The summed E-state index contributed by atoms with van der Waals surface area (Å²) in [5.74, 6) is 1.54. The number of amides is 1. The summed E-state index contributed by atoms with van der Waals surface area (Å²) >= 11 is 0. The third kappa shape index (κ3) is 2.81. The fraction of sp³-hybridized carbons (Fsp3) is 0.714. The molecule has 1 atom stereocenters. The molecule has 19 heavy (non-hydrogen) atoms. The smallest absolute Gasteiger partial charge is 0.223 e. The first-order chi connectivity index (χ1) is 9.30. The van der Waals surface area contributed by atoms with Crippen molar-refractivity contribution in [1.82, 2.24) is 20.6 Å². The lowest BCUT2D eigenvalue weighted by atomic mass is 9.92. The van der Waals surface area contributed by atoms with Crippen LogP contribution in [0.5, 0.6) is 0 Å². The van der Waals surface area contributed by atoms with Crippen LogP contribution >= 0.6 is 0 Å². The van der Waals surface area contributed by atoms with Crippen LogP contribution in [0.3, 0.4) is 0 Å². The number of H-pyrrole nitrogens is 1. The maximum absolute atomic E-state index is 12.1. The summed E-state index contributed by atoms with van der Waals surface area (Å²) in [5.41, 5.74) is 0.344.